The molecule has 0 unspecified atom stereocenters. The van der Waals surface area contributed by atoms with Crippen LogP contribution in [0, 0.1) is 0 Å². The van der Waals surface area contributed by atoms with Crippen molar-refractivity contribution in [3.8, 4) is 0 Å². The third-order valence-corrected chi connectivity index (χ3v) is 3.47. The largest absolute Gasteiger partial charge is 0.402 e. The van der Waals surface area contributed by atoms with E-state index in [0.717, 1.165) is 6.54 Å². The van der Waals surface area contributed by atoms with Crippen molar-refractivity contribution in [1.82, 2.24) is 15.1 Å². The molecule has 3 rings (SSSR count). The average molecular weight is 260 g/mol. The maximum atomic E-state index is 12.4. The molecule has 18 heavy (non-hydrogen) atoms. The molecule has 0 bridgehead atoms. The minimum atomic E-state index is -2.73. The Labute approximate surface area is 103 Å². The first-order valence-electron chi connectivity index (χ1n) is 5.83. The molecule has 1 aromatic heterocycles. The fourth-order valence-corrected chi connectivity index (χ4v) is 2.46. The van der Waals surface area contributed by atoms with Gasteiger partial charge in [-0.05, 0) is 7.05 Å². The third-order valence-electron chi connectivity index (χ3n) is 3.47. The van der Waals surface area contributed by atoms with E-state index < -0.39 is 12.3 Å². The van der Waals surface area contributed by atoms with Crippen LogP contribution in [0.5, 0.6) is 0 Å². The maximum absolute atomic E-state index is 12.4. The molecule has 3 heterocycles. The summed E-state index contributed by atoms with van der Waals surface area (Å²) in [6, 6.07) is 0.400. The molecule has 2 atom stereocenters. The summed E-state index contributed by atoms with van der Waals surface area (Å²) in [6.07, 6.45) is -2.65. The van der Waals surface area contributed by atoms with E-state index in [1.807, 2.05) is 7.05 Å². The van der Waals surface area contributed by atoms with Crippen LogP contribution in [-0.2, 0) is 4.74 Å². The van der Waals surface area contributed by atoms with Crippen molar-refractivity contribution in [2.45, 2.75) is 18.6 Å². The van der Waals surface area contributed by atoms with Gasteiger partial charge < -0.3 is 14.1 Å². The molecule has 0 saturated carbocycles. The van der Waals surface area contributed by atoms with Gasteiger partial charge in [0.25, 0.3) is 5.89 Å². The Kier molecular flexibility index (Phi) is 2.90. The van der Waals surface area contributed by atoms with Crippen molar-refractivity contribution >= 4 is 6.01 Å². The number of ether oxygens (including phenoxy) is 1. The van der Waals surface area contributed by atoms with Crippen LogP contribution in [-0.4, -0.2) is 60.5 Å². The minimum absolute atomic E-state index is 0.0747. The summed E-state index contributed by atoms with van der Waals surface area (Å²) in [5.74, 6) is -0.630. The fourth-order valence-electron chi connectivity index (χ4n) is 2.46. The highest BCUT2D eigenvalue weighted by molar-refractivity contribution is 5.29. The van der Waals surface area contributed by atoms with Gasteiger partial charge in [-0.2, -0.15) is 8.78 Å². The molecular formula is C10H14F2N4O2. The van der Waals surface area contributed by atoms with Gasteiger partial charge in [0.15, 0.2) is 0 Å². The maximum Gasteiger partial charge on any atom is 0.318 e. The minimum Gasteiger partial charge on any atom is -0.402 e. The summed E-state index contributed by atoms with van der Waals surface area (Å²) >= 11 is 0. The molecule has 0 radical (unpaired) electrons. The Morgan fingerprint density at radius 2 is 2.17 bits per heavy atom. The van der Waals surface area contributed by atoms with Crippen molar-refractivity contribution in [3.63, 3.8) is 0 Å². The Morgan fingerprint density at radius 3 is 2.83 bits per heavy atom. The van der Waals surface area contributed by atoms with Gasteiger partial charge >= 0.3 is 12.4 Å². The topological polar surface area (TPSA) is 54.6 Å². The number of morpholine rings is 1. The summed E-state index contributed by atoms with van der Waals surface area (Å²) in [6.45, 7) is 2.82. The second-order valence-corrected chi connectivity index (χ2v) is 4.59. The van der Waals surface area contributed by atoms with Crippen LogP contribution in [0.25, 0.3) is 0 Å². The zero-order chi connectivity index (χ0) is 12.7. The standard InChI is InChI=1S/C10H14F2N4O2/c1-15-2-3-17-7-5-16(4-6(7)15)10-14-13-9(18-10)8(11)12/h6-8H,2-5H2,1H3/t6-,7+/m0/s1. The van der Waals surface area contributed by atoms with E-state index in [0.29, 0.717) is 19.7 Å². The smallest absolute Gasteiger partial charge is 0.318 e. The predicted octanol–water partition coefficient (Wildman–Crippen LogP) is 0.526. The number of rotatable bonds is 2. The second-order valence-electron chi connectivity index (χ2n) is 4.59. The average Bonchev–Trinajstić information content (AvgIpc) is 2.95. The molecule has 0 aromatic carbocycles. The van der Waals surface area contributed by atoms with Gasteiger partial charge in [-0.25, -0.2) is 0 Å². The number of anilines is 1. The zero-order valence-electron chi connectivity index (χ0n) is 9.92. The Bertz CT molecular complexity index is 428. The first kappa shape index (κ1) is 11.8. The number of alkyl halides is 2. The summed E-state index contributed by atoms with van der Waals surface area (Å²) in [4.78, 5) is 4.01. The molecule has 0 N–H and O–H groups in total. The molecule has 8 heteroatoms. The molecule has 100 valence electrons. The van der Waals surface area contributed by atoms with E-state index in [2.05, 4.69) is 15.1 Å². The Hall–Kier alpha value is -1.28. The highest BCUT2D eigenvalue weighted by Gasteiger charge is 2.40. The molecule has 2 aliphatic rings. The SMILES string of the molecule is CN1CCO[C@@H]2CN(c3nnc(C(F)F)o3)C[C@@H]21. The summed E-state index contributed by atoms with van der Waals surface area (Å²) in [7, 11) is 2.03. The van der Waals surface area contributed by atoms with Gasteiger partial charge in [0.2, 0.25) is 0 Å². The molecule has 1 aromatic rings. The van der Waals surface area contributed by atoms with Gasteiger partial charge in [-0.3, -0.25) is 4.90 Å². The number of aromatic nitrogens is 2. The molecule has 2 aliphatic heterocycles. The molecule has 0 aliphatic carbocycles. The first-order valence-corrected chi connectivity index (χ1v) is 5.83. The van der Waals surface area contributed by atoms with Crippen LogP contribution in [0.15, 0.2) is 4.42 Å². The van der Waals surface area contributed by atoms with Crippen molar-refractivity contribution in [1.29, 1.82) is 0 Å². The van der Waals surface area contributed by atoms with Crippen LogP contribution in [0.3, 0.4) is 0 Å². The number of hydrogen-bond acceptors (Lipinski definition) is 6. The predicted molar refractivity (Wildman–Crippen MR) is 57.6 cm³/mol. The van der Waals surface area contributed by atoms with Gasteiger partial charge in [-0.15, -0.1) is 5.10 Å². The molecular weight excluding hydrogens is 246 g/mol. The Morgan fingerprint density at radius 1 is 1.33 bits per heavy atom. The van der Waals surface area contributed by atoms with E-state index >= 15 is 0 Å². The second kappa shape index (κ2) is 4.43. The normalized spacial score (nSPS) is 29.0. The van der Waals surface area contributed by atoms with Crippen LogP contribution in [0.2, 0.25) is 0 Å². The lowest BCUT2D eigenvalue weighted by molar-refractivity contribution is -0.0362. The van der Waals surface area contributed by atoms with Crippen LogP contribution >= 0.6 is 0 Å². The summed E-state index contributed by atoms with van der Waals surface area (Å²) in [5.41, 5.74) is 0. The summed E-state index contributed by atoms with van der Waals surface area (Å²) in [5, 5.41) is 6.99. The van der Waals surface area contributed by atoms with Crippen LogP contribution < -0.4 is 4.90 Å². The van der Waals surface area contributed by atoms with Crippen LogP contribution in [0.4, 0.5) is 14.8 Å². The number of halogens is 2. The van der Waals surface area contributed by atoms with Crippen LogP contribution in [0.1, 0.15) is 12.3 Å². The van der Waals surface area contributed by atoms with Gasteiger partial charge in [-0.1, -0.05) is 5.10 Å². The number of fused-ring (bicyclic) bond motifs is 1. The van der Waals surface area contributed by atoms with Crippen molar-refractivity contribution < 1.29 is 17.9 Å². The first-order chi connectivity index (χ1) is 8.65. The van der Waals surface area contributed by atoms with Gasteiger partial charge in [0.1, 0.15) is 0 Å². The van der Waals surface area contributed by atoms with Crippen molar-refractivity contribution in [2.75, 3.05) is 38.2 Å². The van der Waals surface area contributed by atoms with E-state index in [4.69, 9.17) is 9.15 Å². The van der Waals surface area contributed by atoms with E-state index in [1.54, 1.807) is 4.90 Å². The molecule has 0 spiro atoms. The fraction of sp³-hybridized carbons (Fsp3) is 0.800. The van der Waals surface area contributed by atoms with E-state index in [9.17, 15) is 8.78 Å². The quantitative estimate of drug-likeness (QED) is 0.773. The zero-order valence-corrected chi connectivity index (χ0v) is 9.92. The van der Waals surface area contributed by atoms with Gasteiger partial charge in [0, 0.05) is 13.1 Å². The van der Waals surface area contributed by atoms with Crippen molar-refractivity contribution in [3.05, 3.63) is 5.89 Å². The Balaban J connectivity index is 1.74. The molecule has 2 saturated heterocycles. The monoisotopic (exact) mass is 260 g/mol. The highest BCUT2D eigenvalue weighted by atomic mass is 19.3. The molecule has 2 fully saturated rings. The van der Waals surface area contributed by atoms with Crippen molar-refractivity contribution in [2.24, 2.45) is 0 Å². The van der Waals surface area contributed by atoms with Gasteiger partial charge in [0.05, 0.1) is 25.3 Å². The highest BCUT2D eigenvalue weighted by Crippen LogP contribution is 2.27. The molecule has 6 nitrogen and oxygen atoms in total. The number of hydrogen-bond donors (Lipinski definition) is 0. The van der Waals surface area contributed by atoms with E-state index in [-0.39, 0.29) is 18.2 Å². The number of nitrogens with zero attached hydrogens (tertiary/aromatic N) is 4. The third kappa shape index (κ3) is 1.95. The summed E-state index contributed by atoms with van der Waals surface area (Å²) < 4.78 is 35.4. The lowest BCUT2D eigenvalue weighted by Crippen LogP contribution is -2.48. The van der Waals surface area contributed by atoms with E-state index in [1.165, 1.54) is 0 Å². The number of likely N-dealkylation sites (N-methyl/N-ethyl adjacent to an activating group) is 1. The molecule has 0 amide bonds. The lowest BCUT2D eigenvalue weighted by Gasteiger charge is -2.33. The lowest BCUT2D eigenvalue weighted by atomic mass is 10.1.